The molecule has 3 rings (SSSR count). The van der Waals surface area contributed by atoms with E-state index in [4.69, 9.17) is 0 Å². The van der Waals surface area contributed by atoms with Crippen LogP contribution in [0.4, 0.5) is 5.69 Å². The van der Waals surface area contributed by atoms with Crippen LogP contribution < -0.4 is 5.32 Å². The molecular weight excluding hydrogens is 314 g/mol. The fraction of sp³-hybridized carbons (Fsp3) is 0.526. The van der Waals surface area contributed by atoms with Crippen molar-refractivity contribution in [2.24, 2.45) is 0 Å². The highest BCUT2D eigenvalue weighted by atomic mass is 16.2. The summed E-state index contributed by atoms with van der Waals surface area (Å²) < 4.78 is 0. The maximum Gasteiger partial charge on any atom is 0.274 e. The molecule has 2 aromatic heterocycles. The summed E-state index contributed by atoms with van der Waals surface area (Å²) in [5.74, 6) is 0.271. The molecule has 2 aromatic rings. The van der Waals surface area contributed by atoms with Gasteiger partial charge in [0.15, 0.2) is 0 Å². The van der Waals surface area contributed by atoms with E-state index in [1.54, 1.807) is 0 Å². The zero-order valence-corrected chi connectivity index (χ0v) is 15.7. The van der Waals surface area contributed by atoms with Crippen molar-refractivity contribution < 1.29 is 4.79 Å². The van der Waals surface area contributed by atoms with E-state index in [1.165, 1.54) is 0 Å². The van der Waals surface area contributed by atoms with Gasteiger partial charge < -0.3 is 10.2 Å². The average Bonchev–Trinajstić information content (AvgIpc) is 3.22. The van der Waals surface area contributed by atoms with Crippen molar-refractivity contribution in [2.45, 2.75) is 45.4 Å². The van der Waals surface area contributed by atoms with Gasteiger partial charge in [0.1, 0.15) is 5.69 Å². The van der Waals surface area contributed by atoms with Gasteiger partial charge in [-0.3, -0.25) is 14.9 Å². The van der Waals surface area contributed by atoms with E-state index in [-0.39, 0.29) is 17.2 Å². The van der Waals surface area contributed by atoms with Crippen molar-refractivity contribution in [1.29, 1.82) is 0 Å². The molecule has 0 spiro atoms. The van der Waals surface area contributed by atoms with Gasteiger partial charge in [-0.25, -0.2) is 0 Å². The molecule has 6 nitrogen and oxygen atoms in total. The molecule has 3 heterocycles. The Hall–Kier alpha value is -2.37. The van der Waals surface area contributed by atoms with E-state index in [0.717, 1.165) is 35.7 Å². The van der Waals surface area contributed by atoms with Crippen LogP contribution in [0.2, 0.25) is 0 Å². The minimum Gasteiger partial charge on any atom is -0.388 e. The van der Waals surface area contributed by atoms with Crippen molar-refractivity contribution in [3.63, 3.8) is 0 Å². The highest BCUT2D eigenvalue weighted by Crippen LogP contribution is 2.29. The number of likely N-dealkylation sites (tertiary alicyclic amines) is 1. The van der Waals surface area contributed by atoms with Crippen LogP contribution in [0, 0.1) is 6.92 Å². The van der Waals surface area contributed by atoms with Crippen molar-refractivity contribution in [3.05, 3.63) is 41.0 Å². The lowest BCUT2D eigenvalue weighted by molar-refractivity contribution is 0.0785. The van der Waals surface area contributed by atoms with Crippen LogP contribution in [0.5, 0.6) is 0 Å². The minimum atomic E-state index is -0.0475. The van der Waals surface area contributed by atoms with Gasteiger partial charge in [0.25, 0.3) is 5.91 Å². The Labute approximate surface area is 149 Å². The number of amides is 1. The molecule has 25 heavy (non-hydrogen) atoms. The van der Waals surface area contributed by atoms with E-state index in [0.29, 0.717) is 12.2 Å². The number of carbonyl (C=O) groups is 1. The average molecular weight is 341 g/mol. The predicted molar refractivity (Wildman–Crippen MR) is 99.1 cm³/mol. The number of anilines is 1. The second-order valence-electron chi connectivity index (χ2n) is 7.83. The van der Waals surface area contributed by atoms with Gasteiger partial charge in [0, 0.05) is 54.2 Å². The summed E-state index contributed by atoms with van der Waals surface area (Å²) in [5, 5.41) is 10.4. The lowest BCUT2D eigenvalue weighted by atomic mass is 9.92. The van der Waals surface area contributed by atoms with Crippen molar-refractivity contribution in [1.82, 2.24) is 20.1 Å². The molecule has 1 aliphatic heterocycles. The second kappa shape index (κ2) is 6.50. The third-order valence-corrected chi connectivity index (χ3v) is 4.76. The Morgan fingerprint density at radius 1 is 1.32 bits per heavy atom. The summed E-state index contributed by atoms with van der Waals surface area (Å²) in [5.41, 5.74) is 4.54. The molecule has 0 aliphatic carbocycles. The fourth-order valence-corrected chi connectivity index (χ4v) is 3.21. The quantitative estimate of drug-likeness (QED) is 0.900. The van der Waals surface area contributed by atoms with Gasteiger partial charge in [-0.15, -0.1) is 0 Å². The Bertz CT molecular complexity index is 774. The van der Waals surface area contributed by atoms with Crippen LogP contribution in [0.3, 0.4) is 0 Å². The molecule has 6 heteroatoms. The third-order valence-electron chi connectivity index (χ3n) is 4.76. The minimum absolute atomic E-state index is 0.00394. The highest BCUT2D eigenvalue weighted by Gasteiger charge is 2.31. The van der Waals surface area contributed by atoms with E-state index in [1.807, 2.05) is 31.0 Å². The Morgan fingerprint density at radius 3 is 2.72 bits per heavy atom. The molecule has 2 N–H and O–H groups in total. The van der Waals surface area contributed by atoms with Gasteiger partial charge in [-0.1, -0.05) is 20.8 Å². The number of hydrogen-bond donors (Lipinski definition) is 2. The molecule has 0 saturated carbocycles. The van der Waals surface area contributed by atoms with Crippen LogP contribution >= 0.6 is 0 Å². The van der Waals surface area contributed by atoms with E-state index < -0.39 is 0 Å². The molecule has 0 bridgehead atoms. The number of nitrogens with one attached hydrogen (secondary N) is 2. The number of rotatable bonds is 3. The van der Waals surface area contributed by atoms with Crippen LogP contribution in [-0.2, 0) is 5.41 Å². The maximum absolute atomic E-state index is 12.8. The number of aromatic nitrogens is 3. The monoisotopic (exact) mass is 341 g/mol. The number of aryl methyl sites for hydroxylation is 1. The largest absolute Gasteiger partial charge is 0.388 e. The van der Waals surface area contributed by atoms with Gasteiger partial charge in [0.2, 0.25) is 0 Å². The van der Waals surface area contributed by atoms with Crippen LogP contribution in [-0.4, -0.2) is 46.1 Å². The van der Waals surface area contributed by atoms with E-state index >= 15 is 0 Å². The van der Waals surface area contributed by atoms with Gasteiger partial charge in [-0.2, -0.15) is 5.10 Å². The van der Waals surface area contributed by atoms with Crippen LogP contribution in [0.1, 0.15) is 60.7 Å². The number of pyridine rings is 1. The van der Waals surface area contributed by atoms with Crippen LogP contribution in [0.25, 0.3) is 0 Å². The molecule has 0 unspecified atom stereocenters. The Balaban J connectivity index is 1.73. The first-order valence-electron chi connectivity index (χ1n) is 8.79. The summed E-state index contributed by atoms with van der Waals surface area (Å²) in [6, 6.07) is 5.98. The van der Waals surface area contributed by atoms with Gasteiger partial charge in [-0.05, 0) is 31.5 Å². The number of hydrogen-bond acceptors (Lipinski definition) is 4. The third kappa shape index (κ3) is 3.67. The molecule has 0 aromatic carbocycles. The molecule has 1 amide bonds. The first-order valence-corrected chi connectivity index (χ1v) is 8.79. The number of H-pyrrole nitrogens is 1. The lowest BCUT2D eigenvalue weighted by Gasteiger charge is -2.16. The maximum atomic E-state index is 12.8. The first kappa shape index (κ1) is 17.5. The first-order chi connectivity index (χ1) is 11.8. The van der Waals surface area contributed by atoms with Crippen molar-refractivity contribution in [3.8, 4) is 0 Å². The predicted octanol–water partition coefficient (Wildman–Crippen LogP) is 3.08. The van der Waals surface area contributed by atoms with Gasteiger partial charge >= 0.3 is 0 Å². The molecule has 1 atom stereocenters. The number of carbonyl (C=O) groups excluding carboxylic acids is 1. The summed E-state index contributed by atoms with van der Waals surface area (Å²) in [6.07, 6.45) is 0.932. The lowest BCUT2D eigenvalue weighted by Crippen LogP contribution is -2.28. The summed E-state index contributed by atoms with van der Waals surface area (Å²) in [7, 11) is 1.91. The fourth-order valence-electron chi connectivity index (χ4n) is 3.21. The van der Waals surface area contributed by atoms with Crippen molar-refractivity contribution >= 4 is 11.6 Å². The molecule has 134 valence electrons. The number of aromatic amines is 1. The molecular formula is C19H27N5O. The molecule has 1 aliphatic rings. The van der Waals surface area contributed by atoms with E-state index in [2.05, 4.69) is 47.3 Å². The SMILES string of the molecule is CNc1cc(C)nc([C@@H]2CCN(C(=O)c3cc(C(C)(C)C)[nH]n3)C2)c1. The molecule has 1 saturated heterocycles. The smallest absolute Gasteiger partial charge is 0.274 e. The number of nitrogens with zero attached hydrogens (tertiary/aromatic N) is 3. The zero-order chi connectivity index (χ0) is 18.2. The summed E-state index contributed by atoms with van der Waals surface area (Å²) in [4.78, 5) is 19.3. The zero-order valence-electron chi connectivity index (χ0n) is 15.7. The van der Waals surface area contributed by atoms with Gasteiger partial charge in [0.05, 0.1) is 0 Å². The summed E-state index contributed by atoms with van der Waals surface area (Å²) >= 11 is 0. The summed E-state index contributed by atoms with van der Waals surface area (Å²) in [6.45, 7) is 9.73. The topological polar surface area (TPSA) is 73.9 Å². The van der Waals surface area contributed by atoms with E-state index in [9.17, 15) is 4.79 Å². The normalized spacial score (nSPS) is 17.8. The highest BCUT2D eigenvalue weighted by molar-refractivity contribution is 5.92. The molecule has 0 radical (unpaired) electrons. The second-order valence-corrected chi connectivity index (χ2v) is 7.83. The Morgan fingerprint density at radius 2 is 2.08 bits per heavy atom. The van der Waals surface area contributed by atoms with Crippen molar-refractivity contribution in [2.75, 3.05) is 25.5 Å². The Kier molecular flexibility index (Phi) is 4.54. The molecule has 1 fully saturated rings. The standard InChI is InChI=1S/C19H27N5O/c1-12-8-14(20-5)9-15(21-12)13-6-7-24(11-13)18(25)16-10-17(23-22-16)19(2,3)4/h8-10,13H,6-7,11H2,1-5H3,(H,20,21)(H,22,23)/t13-/m1/s1. The van der Waals surface area contributed by atoms with Crippen LogP contribution in [0.15, 0.2) is 18.2 Å².